The minimum Gasteiger partial charge on any atom is -0.462 e. The summed E-state index contributed by atoms with van der Waals surface area (Å²) in [4.78, 5) is 35.5. The number of carbonyl (C=O) groups excluding carboxylic acids is 1. The van der Waals surface area contributed by atoms with Crippen LogP contribution in [-0.2, 0) is 4.74 Å². The SMILES string of the molecule is CCOC(=O)c1c(C)c([N+](=O)[O-])c(C)[nH]c1=O. The van der Waals surface area contributed by atoms with Gasteiger partial charge in [-0.1, -0.05) is 0 Å². The molecule has 0 aliphatic carbocycles. The van der Waals surface area contributed by atoms with E-state index in [9.17, 15) is 19.7 Å². The first-order valence-corrected chi connectivity index (χ1v) is 4.95. The number of hydrogen-bond acceptors (Lipinski definition) is 5. The second kappa shape index (κ2) is 4.77. The highest BCUT2D eigenvalue weighted by atomic mass is 16.6. The Morgan fingerprint density at radius 2 is 2.06 bits per heavy atom. The summed E-state index contributed by atoms with van der Waals surface area (Å²) in [6.07, 6.45) is 0. The average Bonchev–Trinajstić information content (AvgIpc) is 2.15. The number of aromatic amines is 1. The number of ether oxygens (including phenoxy) is 1. The number of esters is 1. The molecule has 0 saturated heterocycles. The van der Waals surface area contributed by atoms with Gasteiger partial charge in [0, 0.05) is 5.56 Å². The van der Waals surface area contributed by atoms with Crippen molar-refractivity contribution in [2.45, 2.75) is 20.8 Å². The van der Waals surface area contributed by atoms with Gasteiger partial charge in [-0.25, -0.2) is 4.79 Å². The lowest BCUT2D eigenvalue weighted by Crippen LogP contribution is -2.23. The minimum absolute atomic E-state index is 0.0229. The van der Waals surface area contributed by atoms with Crippen LogP contribution in [0, 0.1) is 24.0 Å². The maximum absolute atomic E-state index is 11.6. The molecule has 1 N–H and O–H groups in total. The average molecular weight is 240 g/mol. The van der Waals surface area contributed by atoms with Crippen LogP contribution in [0.15, 0.2) is 4.79 Å². The lowest BCUT2D eigenvalue weighted by atomic mass is 10.1. The molecule has 92 valence electrons. The van der Waals surface area contributed by atoms with E-state index in [2.05, 4.69) is 9.72 Å². The van der Waals surface area contributed by atoms with E-state index in [1.807, 2.05) is 0 Å². The summed E-state index contributed by atoms with van der Waals surface area (Å²) in [6, 6.07) is 0. The van der Waals surface area contributed by atoms with Crippen molar-refractivity contribution in [1.82, 2.24) is 4.98 Å². The Kier molecular flexibility index (Phi) is 3.62. The van der Waals surface area contributed by atoms with Crippen molar-refractivity contribution in [3.63, 3.8) is 0 Å². The number of hydrogen-bond donors (Lipinski definition) is 1. The van der Waals surface area contributed by atoms with Crippen LogP contribution in [0.4, 0.5) is 5.69 Å². The Morgan fingerprint density at radius 1 is 1.47 bits per heavy atom. The normalized spacial score (nSPS) is 10.1. The summed E-state index contributed by atoms with van der Waals surface area (Å²) in [5.41, 5.74) is -1.12. The van der Waals surface area contributed by atoms with Crippen LogP contribution in [-0.4, -0.2) is 22.5 Å². The number of nitrogens with one attached hydrogen (secondary N) is 1. The lowest BCUT2D eigenvalue weighted by molar-refractivity contribution is -0.386. The summed E-state index contributed by atoms with van der Waals surface area (Å²) in [5.74, 6) is -0.852. The predicted molar refractivity (Wildman–Crippen MR) is 59.1 cm³/mol. The molecule has 0 fully saturated rings. The summed E-state index contributed by atoms with van der Waals surface area (Å²) in [6.45, 7) is 4.44. The molecule has 1 heterocycles. The van der Waals surface area contributed by atoms with Gasteiger partial charge in [0.2, 0.25) is 0 Å². The zero-order valence-electron chi connectivity index (χ0n) is 9.70. The third kappa shape index (κ3) is 2.32. The van der Waals surface area contributed by atoms with Crippen molar-refractivity contribution >= 4 is 11.7 Å². The molecular formula is C10H12N2O5. The maximum Gasteiger partial charge on any atom is 0.344 e. The van der Waals surface area contributed by atoms with Crippen molar-refractivity contribution < 1.29 is 14.5 Å². The van der Waals surface area contributed by atoms with Crippen LogP contribution < -0.4 is 5.56 Å². The van der Waals surface area contributed by atoms with Crippen LogP contribution in [0.1, 0.15) is 28.5 Å². The van der Waals surface area contributed by atoms with Crippen molar-refractivity contribution in [3.05, 3.63) is 37.3 Å². The first kappa shape index (κ1) is 12.9. The van der Waals surface area contributed by atoms with Gasteiger partial charge in [0.15, 0.2) is 0 Å². The summed E-state index contributed by atoms with van der Waals surface area (Å²) >= 11 is 0. The van der Waals surface area contributed by atoms with E-state index in [-0.39, 0.29) is 29.1 Å². The molecule has 17 heavy (non-hydrogen) atoms. The Morgan fingerprint density at radius 3 is 2.53 bits per heavy atom. The molecule has 0 amide bonds. The van der Waals surface area contributed by atoms with E-state index >= 15 is 0 Å². The summed E-state index contributed by atoms with van der Waals surface area (Å²) in [5, 5.41) is 10.8. The van der Waals surface area contributed by atoms with Gasteiger partial charge >= 0.3 is 5.97 Å². The lowest BCUT2D eigenvalue weighted by Gasteiger charge is -2.06. The summed E-state index contributed by atoms with van der Waals surface area (Å²) in [7, 11) is 0. The standard InChI is InChI=1S/C10H12N2O5/c1-4-17-10(14)7-5(2)8(12(15)16)6(3)11-9(7)13/h4H2,1-3H3,(H,11,13). The summed E-state index contributed by atoms with van der Waals surface area (Å²) < 4.78 is 4.68. The first-order valence-electron chi connectivity index (χ1n) is 4.95. The molecule has 0 atom stereocenters. The Bertz CT molecular complexity index is 532. The molecule has 1 aromatic heterocycles. The fourth-order valence-corrected chi connectivity index (χ4v) is 1.58. The van der Waals surface area contributed by atoms with Crippen molar-refractivity contribution in [2.75, 3.05) is 6.61 Å². The van der Waals surface area contributed by atoms with Gasteiger partial charge in [-0.05, 0) is 20.8 Å². The van der Waals surface area contributed by atoms with Crippen LogP contribution in [0.2, 0.25) is 0 Å². The molecule has 0 unspecified atom stereocenters. The molecular weight excluding hydrogens is 228 g/mol. The fraction of sp³-hybridized carbons (Fsp3) is 0.400. The Hall–Kier alpha value is -2.18. The van der Waals surface area contributed by atoms with Gasteiger partial charge < -0.3 is 9.72 Å². The van der Waals surface area contributed by atoms with Crippen LogP contribution in [0.25, 0.3) is 0 Å². The van der Waals surface area contributed by atoms with E-state index in [1.54, 1.807) is 6.92 Å². The minimum atomic E-state index is -0.852. The van der Waals surface area contributed by atoms with Gasteiger partial charge in [-0.15, -0.1) is 0 Å². The molecule has 1 rings (SSSR count). The maximum atomic E-state index is 11.6. The molecule has 1 aromatic rings. The predicted octanol–water partition coefficient (Wildman–Crippen LogP) is 1.08. The molecule has 0 aliphatic heterocycles. The number of rotatable bonds is 3. The van der Waals surface area contributed by atoms with Gasteiger partial charge in [0.25, 0.3) is 11.2 Å². The Labute approximate surface area is 96.6 Å². The molecule has 0 saturated carbocycles. The zero-order chi connectivity index (χ0) is 13.2. The second-order valence-electron chi connectivity index (χ2n) is 3.41. The molecule has 0 aliphatic rings. The number of nitro groups is 1. The highest BCUT2D eigenvalue weighted by Gasteiger charge is 2.25. The van der Waals surface area contributed by atoms with Crippen molar-refractivity contribution in [2.24, 2.45) is 0 Å². The van der Waals surface area contributed by atoms with Gasteiger partial charge in [-0.2, -0.15) is 0 Å². The van der Waals surface area contributed by atoms with E-state index in [0.29, 0.717) is 0 Å². The van der Waals surface area contributed by atoms with E-state index in [1.165, 1.54) is 13.8 Å². The third-order valence-corrected chi connectivity index (χ3v) is 2.28. The topological polar surface area (TPSA) is 102 Å². The van der Waals surface area contributed by atoms with Crippen molar-refractivity contribution in [3.8, 4) is 0 Å². The zero-order valence-corrected chi connectivity index (χ0v) is 9.70. The number of H-pyrrole nitrogens is 1. The van der Waals surface area contributed by atoms with E-state index < -0.39 is 16.5 Å². The van der Waals surface area contributed by atoms with Gasteiger partial charge in [0.1, 0.15) is 5.56 Å². The van der Waals surface area contributed by atoms with Crippen LogP contribution >= 0.6 is 0 Å². The smallest absolute Gasteiger partial charge is 0.344 e. The van der Waals surface area contributed by atoms with E-state index in [0.717, 1.165) is 0 Å². The van der Waals surface area contributed by atoms with Crippen molar-refractivity contribution in [1.29, 1.82) is 0 Å². The third-order valence-electron chi connectivity index (χ3n) is 2.28. The quantitative estimate of drug-likeness (QED) is 0.483. The highest BCUT2D eigenvalue weighted by molar-refractivity contribution is 5.91. The van der Waals surface area contributed by atoms with Crippen LogP contribution in [0.3, 0.4) is 0 Å². The number of aryl methyl sites for hydroxylation is 1. The molecule has 0 spiro atoms. The number of aromatic nitrogens is 1. The first-order chi connectivity index (χ1) is 7.90. The fourth-order valence-electron chi connectivity index (χ4n) is 1.58. The van der Waals surface area contributed by atoms with E-state index in [4.69, 9.17) is 0 Å². The second-order valence-corrected chi connectivity index (χ2v) is 3.41. The van der Waals surface area contributed by atoms with Gasteiger partial charge in [0.05, 0.1) is 17.2 Å². The van der Waals surface area contributed by atoms with Gasteiger partial charge in [-0.3, -0.25) is 14.9 Å². The molecule has 0 bridgehead atoms. The number of carbonyl (C=O) groups is 1. The largest absolute Gasteiger partial charge is 0.462 e. The Balaban J connectivity index is 3.52. The molecule has 0 aromatic carbocycles. The molecule has 7 nitrogen and oxygen atoms in total. The molecule has 7 heteroatoms. The van der Waals surface area contributed by atoms with Crippen LogP contribution in [0.5, 0.6) is 0 Å². The monoisotopic (exact) mass is 240 g/mol. The molecule has 0 radical (unpaired) electrons. The highest BCUT2D eigenvalue weighted by Crippen LogP contribution is 2.21. The number of nitrogens with zero attached hydrogens (tertiary/aromatic N) is 1. The number of pyridine rings is 1.